The van der Waals surface area contributed by atoms with Crippen LogP contribution in [0.5, 0.6) is 0 Å². The lowest BCUT2D eigenvalue weighted by molar-refractivity contribution is 0.00578. The summed E-state index contributed by atoms with van der Waals surface area (Å²) < 4.78 is 28.4. The van der Waals surface area contributed by atoms with E-state index >= 15 is 0 Å². The van der Waals surface area contributed by atoms with E-state index in [0.29, 0.717) is 10.7 Å². The van der Waals surface area contributed by atoms with E-state index in [0.717, 1.165) is 16.4 Å². The molecule has 0 saturated carbocycles. The molecule has 2 aromatic heterocycles. The molecule has 3 heterocycles. The third-order valence-electron chi connectivity index (χ3n) is 5.32. The van der Waals surface area contributed by atoms with E-state index in [1.807, 2.05) is 40.0 Å². The molecule has 3 aromatic rings. The Hall–Kier alpha value is -1.89. The third-order valence-corrected chi connectivity index (χ3v) is 5.56. The normalized spacial score (nSPS) is 18.6. The minimum Gasteiger partial charge on any atom is -0.399 e. The molecule has 4 nitrogen and oxygen atoms in total. The zero-order chi connectivity index (χ0) is 18.7. The highest BCUT2D eigenvalue weighted by Crippen LogP contribution is 2.37. The van der Waals surface area contributed by atoms with Crippen LogP contribution < -0.4 is 5.46 Å². The van der Waals surface area contributed by atoms with E-state index in [-0.39, 0.29) is 0 Å². The van der Waals surface area contributed by atoms with E-state index in [1.54, 1.807) is 29.1 Å². The van der Waals surface area contributed by atoms with Crippen molar-refractivity contribution in [1.29, 1.82) is 0 Å². The highest BCUT2D eigenvalue weighted by Gasteiger charge is 2.52. The van der Waals surface area contributed by atoms with Gasteiger partial charge in [0.2, 0.25) is 0 Å². The Labute approximate surface area is 157 Å². The largest absolute Gasteiger partial charge is 0.497 e. The molecule has 1 aliphatic rings. The van der Waals surface area contributed by atoms with Gasteiger partial charge in [0.25, 0.3) is 0 Å². The Morgan fingerprint density at radius 2 is 1.77 bits per heavy atom. The van der Waals surface area contributed by atoms with Crippen LogP contribution >= 0.6 is 11.6 Å². The topological polar surface area (TPSA) is 36.3 Å². The Morgan fingerprint density at radius 1 is 1.08 bits per heavy atom. The van der Waals surface area contributed by atoms with E-state index in [1.165, 1.54) is 6.07 Å². The van der Waals surface area contributed by atoms with Crippen LogP contribution in [0.1, 0.15) is 27.7 Å². The second-order valence-corrected chi connectivity index (χ2v) is 7.97. The van der Waals surface area contributed by atoms with Crippen LogP contribution in [0.4, 0.5) is 4.39 Å². The van der Waals surface area contributed by atoms with E-state index in [4.69, 9.17) is 20.9 Å². The molecule has 0 spiro atoms. The maximum atomic E-state index is 14.4. The summed E-state index contributed by atoms with van der Waals surface area (Å²) in [5.41, 5.74) is 1.14. The molecule has 0 N–H and O–H groups in total. The fourth-order valence-corrected chi connectivity index (χ4v) is 3.28. The summed E-state index contributed by atoms with van der Waals surface area (Å²) in [6.45, 7) is 8.04. The number of rotatable bonds is 2. The first-order valence-electron chi connectivity index (χ1n) is 8.46. The Bertz CT molecular complexity index is 986. The molecule has 4 rings (SSSR count). The number of nitrogens with zero attached hydrogens (tertiary/aromatic N) is 2. The molecule has 1 fully saturated rings. The summed E-state index contributed by atoms with van der Waals surface area (Å²) in [7, 11) is -0.526. The number of hydrogen-bond acceptors (Lipinski definition) is 3. The van der Waals surface area contributed by atoms with Crippen molar-refractivity contribution in [3.63, 3.8) is 0 Å². The third kappa shape index (κ3) is 2.64. The van der Waals surface area contributed by atoms with Gasteiger partial charge in [0.15, 0.2) is 0 Å². The maximum absolute atomic E-state index is 14.4. The SMILES string of the molecule is CC1(C)OB(c2cncc3c2ccn3-c2ccc(Cl)cc2F)OC1(C)C. The fourth-order valence-electron chi connectivity index (χ4n) is 3.12. The highest BCUT2D eigenvalue weighted by atomic mass is 35.5. The van der Waals surface area contributed by atoms with Gasteiger partial charge in [-0.15, -0.1) is 0 Å². The Kier molecular flexibility index (Phi) is 3.92. The highest BCUT2D eigenvalue weighted by molar-refractivity contribution is 6.65. The van der Waals surface area contributed by atoms with Crippen LogP contribution in [0.15, 0.2) is 42.9 Å². The first kappa shape index (κ1) is 17.5. The van der Waals surface area contributed by atoms with Gasteiger partial charge in [-0.3, -0.25) is 4.98 Å². The Balaban J connectivity index is 1.82. The molecule has 0 aliphatic carbocycles. The molecular weight excluding hydrogens is 353 g/mol. The van der Waals surface area contributed by atoms with Crippen molar-refractivity contribution in [2.24, 2.45) is 0 Å². The average Bonchev–Trinajstić information content (AvgIpc) is 3.06. The van der Waals surface area contributed by atoms with Crippen molar-refractivity contribution >= 4 is 35.1 Å². The van der Waals surface area contributed by atoms with Gasteiger partial charge in [-0.05, 0) is 52.0 Å². The van der Waals surface area contributed by atoms with Gasteiger partial charge in [0.05, 0.1) is 28.6 Å². The van der Waals surface area contributed by atoms with Crippen LogP contribution in [-0.4, -0.2) is 27.9 Å². The van der Waals surface area contributed by atoms with Crippen LogP contribution in [0, 0.1) is 5.82 Å². The maximum Gasteiger partial charge on any atom is 0.497 e. The van der Waals surface area contributed by atoms with E-state index in [9.17, 15) is 4.39 Å². The zero-order valence-corrected chi connectivity index (χ0v) is 15.8. The second kappa shape index (κ2) is 5.81. The van der Waals surface area contributed by atoms with Crippen LogP contribution in [-0.2, 0) is 9.31 Å². The van der Waals surface area contributed by atoms with Crippen LogP contribution in [0.25, 0.3) is 16.6 Å². The number of fused-ring (bicyclic) bond motifs is 1. The van der Waals surface area contributed by atoms with Crippen LogP contribution in [0.2, 0.25) is 5.02 Å². The van der Waals surface area contributed by atoms with E-state index in [2.05, 4.69) is 4.98 Å². The molecule has 1 saturated heterocycles. The number of halogens is 2. The van der Waals surface area contributed by atoms with Gasteiger partial charge >= 0.3 is 7.12 Å². The standard InChI is InChI=1S/C19H19BClFN2O2/c1-18(2)19(3,4)26-20(25-18)14-10-23-11-17-13(14)7-8-24(17)16-6-5-12(21)9-15(16)22/h5-11H,1-4H3. The summed E-state index contributed by atoms with van der Waals surface area (Å²) in [6, 6.07) is 6.54. The molecule has 0 amide bonds. The summed E-state index contributed by atoms with van der Waals surface area (Å²) >= 11 is 5.87. The molecule has 0 radical (unpaired) electrons. The zero-order valence-electron chi connectivity index (χ0n) is 15.1. The number of hydrogen-bond donors (Lipinski definition) is 0. The molecule has 7 heteroatoms. The summed E-state index contributed by atoms with van der Waals surface area (Å²) in [6.07, 6.45) is 5.26. The van der Waals surface area contributed by atoms with Crippen molar-refractivity contribution in [2.75, 3.05) is 0 Å². The summed E-state index contributed by atoms with van der Waals surface area (Å²) in [5, 5.41) is 1.27. The van der Waals surface area contributed by atoms with Crippen molar-refractivity contribution in [2.45, 2.75) is 38.9 Å². The van der Waals surface area contributed by atoms with E-state index < -0.39 is 24.1 Å². The fraction of sp³-hybridized carbons (Fsp3) is 0.316. The smallest absolute Gasteiger partial charge is 0.399 e. The van der Waals surface area contributed by atoms with Gasteiger partial charge in [-0.1, -0.05) is 11.6 Å². The average molecular weight is 373 g/mol. The number of aromatic nitrogens is 2. The van der Waals surface area contributed by atoms with Gasteiger partial charge in [0, 0.05) is 28.3 Å². The first-order chi connectivity index (χ1) is 12.2. The van der Waals surface area contributed by atoms with Crippen molar-refractivity contribution in [3.8, 4) is 5.69 Å². The monoisotopic (exact) mass is 372 g/mol. The lowest BCUT2D eigenvalue weighted by Crippen LogP contribution is -2.41. The van der Waals surface area contributed by atoms with Gasteiger partial charge in [-0.2, -0.15) is 0 Å². The second-order valence-electron chi connectivity index (χ2n) is 7.53. The summed E-state index contributed by atoms with van der Waals surface area (Å²) in [4.78, 5) is 4.33. The molecule has 0 unspecified atom stereocenters. The molecule has 0 atom stereocenters. The van der Waals surface area contributed by atoms with Gasteiger partial charge < -0.3 is 13.9 Å². The van der Waals surface area contributed by atoms with Crippen LogP contribution in [0.3, 0.4) is 0 Å². The lowest BCUT2D eigenvalue weighted by Gasteiger charge is -2.32. The minimum atomic E-state index is -0.526. The summed E-state index contributed by atoms with van der Waals surface area (Å²) in [5.74, 6) is -0.393. The minimum absolute atomic E-state index is 0.360. The van der Waals surface area contributed by atoms with Gasteiger partial charge in [0.1, 0.15) is 5.82 Å². The number of benzene rings is 1. The lowest BCUT2D eigenvalue weighted by atomic mass is 9.78. The quantitative estimate of drug-likeness (QED) is 0.635. The molecular formula is C19H19BClFN2O2. The predicted molar refractivity (Wildman–Crippen MR) is 102 cm³/mol. The van der Waals surface area contributed by atoms with Crippen molar-refractivity contribution < 1.29 is 13.7 Å². The van der Waals surface area contributed by atoms with Crippen molar-refractivity contribution in [1.82, 2.24) is 9.55 Å². The molecule has 0 bridgehead atoms. The molecule has 26 heavy (non-hydrogen) atoms. The predicted octanol–water partition coefficient (Wildman–Crippen LogP) is 4.12. The Morgan fingerprint density at radius 3 is 2.42 bits per heavy atom. The molecule has 1 aromatic carbocycles. The van der Waals surface area contributed by atoms with Crippen molar-refractivity contribution in [3.05, 3.63) is 53.7 Å². The van der Waals surface area contributed by atoms with Gasteiger partial charge in [-0.25, -0.2) is 4.39 Å². The molecule has 134 valence electrons. The number of pyridine rings is 1. The molecule has 1 aliphatic heterocycles. The first-order valence-corrected chi connectivity index (χ1v) is 8.83.